The van der Waals surface area contributed by atoms with Crippen LogP contribution in [0.1, 0.15) is 60.8 Å². The van der Waals surface area contributed by atoms with Crippen molar-refractivity contribution in [2.45, 2.75) is 71.9 Å². The molecular formula is C17H34N2O. The number of morpholine rings is 1. The third-order valence-corrected chi connectivity index (χ3v) is 5.17. The predicted octanol–water partition coefficient (Wildman–Crippen LogP) is 3.03. The van der Waals surface area contributed by atoms with Gasteiger partial charge >= 0.3 is 0 Å². The third-order valence-electron chi connectivity index (χ3n) is 5.17. The molecular weight excluding hydrogens is 248 g/mol. The summed E-state index contributed by atoms with van der Waals surface area (Å²) in [5.41, 5.74) is 7.27. The zero-order valence-electron chi connectivity index (χ0n) is 14.4. The van der Waals surface area contributed by atoms with Crippen LogP contribution in [-0.4, -0.2) is 42.3 Å². The van der Waals surface area contributed by atoms with Crippen molar-refractivity contribution in [3.05, 3.63) is 0 Å². The fraction of sp³-hybridized carbons (Fsp3) is 1.00. The first-order valence-corrected chi connectivity index (χ1v) is 8.08. The maximum absolute atomic E-state index is 6.35. The Kier molecular flexibility index (Phi) is 4.03. The quantitative estimate of drug-likeness (QED) is 0.846. The zero-order chi connectivity index (χ0) is 15.2. The molecule has 2 aliphatic rings. The number of hydrogen-bond acceptors (Lipinski definition) is 3. The van der Waals surface area contributed by atoms with Gasteiger partial charge in [0.2, 0.25) is 0 Å². The maximum atomic E-state index is 6.35. The molecule has 3 heteroatoms. The fourth-order valence-corrected chi connectivity index (χ4v) is 5.45. The second kappa shape index (κ2) is 4.96. The topological polar surface area (TPSA) is 38.5 Å². The van der Waals surface area contributed by atoms with Crippen LogP contribution in [0.4, 0.5) is 0 Å². The molecule has 0 aromatic rings. The summed E-state index contributed by atoms with van der Waals surface area (Å²) in [5.74, 6) is 0. The number of nitrogens with two attached hydrogens (primary N) is 1. The van der Waals surface area contributed by atoms with Gasteiger partial charge in [-0.05, 0) is 43.9 Å². The van der Waals surface area contributed by atoms with Crippen LogP contribution >= 0.6 is 0 Å². The molecule has 118 valence electrons. The Labute approximate surface area is 125 Å². The van der Waals surface area contributed by atoms with Gasteiger partial charge in [0.25, 0.3) is 0 Å². The lowest BCUT2D eigenvalue weighted by atomic mass is 9.57. The van der Waals surface area contributed by atoms with E-state index < -0.39 is 0 Å². The zero-order valence-corrected chi connectivity index (χ0v) is 14.4. The molecule has 1 aliphatic heterocycles. The lowest BCUT2D eigenvalue weighted by Gasteiger charge is -2.61. The number of hydrogen-bond donors (Lipinski definition) is 1. The summed E-state index contributed by atoms with van der Waals surface area (Å²) in [4.78, 5) is 2.67. The fourth-order valence-electron chi connectivity index (χ4n) is 5.45. The van der Waals surface area contributed by atoms with Gasteiger partial charge in [0.1, 0.15) is 0 Å². The molecule has 2 N–H and O–H groups in total. The molecule has 0 bridgehead atoms. The van der Waals surface area contributed by atoms with E-state index in [0.717, 1.165) is 26.3 Å². The van der Waals surface area contributed by atoms with E-state index in [1.54, 1.807) is 0 Å². The van der Waals surface area contributed by atoms with Gasteiger partial charge in [-0.3, -0.25) is 4.90 Å². The van der Waals surface area contributed by atoms with Crippen LogP contribution in [0.5, 0.6) is 0 Å². The van der Waals surface area contributed by atoms with Gasteiger partial charge in [0.15, 0.2) is 0 Å². The number of ether oxygens (including phenoxy) is 1. The van der Waals surface area contributed by atoms with Gasteiger partial charge in [0.05, 0.1) is 13.2 Å². The van der Waals surface area contributed by atoms with Gasteiger partial charge in [-0.15, -0.1) is 0 Å². The summed E-state index contributed by atoms with van der Waals surface area (Å²) in [7, 11) is 0. The van der Waals surface area contributed by atoms with Crippen molar-refractivity contribution in [1.82, 2.24) is 4.90 Å². The summed E-state index contributed by atoms with van der Waals surface area (Å²) in [6.45, 7) is 17.7. The van der Waals surface area contributed by atoms with Gasteiger partial charge in [0, 0.05) is 24.2 Å². The van der Waals surface area contributed by atoms with Crippen LogP contribution in [0.25, 0.3) is 0 Å². The van der Waals surface area contributed by atoms with Crippen LogP contribution in [0, 0.1) is 10.8 Å². The van der Waals surface area contributed by atoms with E-state index in [1.165, 1.54) is 19.3 Å². The Morgan fingerprint density at radius 3 is 1.95 bits per heavy atom. The highest BCUT2D eigenvalue weighted by Gasteiger charge is 2.53. The molecule has 0 radical (unpaired) electrons. The van der Waals surface area contributed by atoms with Crippen molar-refractivity contribution in [2.75, 3.05) is 26.3 Å². The minimum absolute atomic E-state index is 0.0844. The Balaban J connectivity index is 2.37. The minimum Gasteiger partial charge on any atom is -0.378 e. The van der Waals surface area contributed by atoms with Crippen molar-refractivity contribution in [2.24, 2.45) is 16.6 Å². The highest BCUT2D eigenvalue weighted by atomic mass is 16.5. The molecule has 0 atom stereocenters. The molecule has 20 heavy (non-hydrogen) atoms. The van der Waals surface area contributed by atoms with Crippen molar-refractivity contribution in [1.29, 1.82) is 0 Å². The largest absolute Gasteiger partial charge is 0.378 e. The summed E-state index contributed by atoms with van der Waals surface area (Å²) < 4.78 is 5.72. The van der Waals surface area contributed by atoms with Crippen molar-refractivity contribution < 1.29 is 4.74 Å². The monoisotopic (exact) mass is 282 g/mol. The highest BCUT2D eigenvalue weighted by Crippen LogP contribution is 2.53. The first kappa shape index (κ1) is 16.3. The molecule has 0 spiro atoms. The second-order valence-corrected chi connectivity index (χ2v) is 9.30. The van der Waals surface area contributed by atoms with E-state index in [0.29, 0.717) is 10.8 Å². The molecule has 1 saturated carbocycles. The summed E-state index contributed by atoms with van der Waals surface area (Å²) in [5, 5.41) is 0. The average Bonchev–Trinajstić information content (AvgIpc) is 2.23. The van der Waals surface area contributed by atoms with Crippen LogP contribution in [-0.2, 0) is 4.74 Å². The molecule has 0 aromatic heterocycles. The van der Waals surface area contributed by atoms with Gasteiger partial charge in [-0.2, -0.15) is 0 Å². The van der Waals surface area contributed by atoms with E-state index in [4.69, 9.17) is 10.5 Å². The third kappa shape index (κ3) is 3.05. The normalized spacial score (nSPS) is 31.9. The molecule has 2 fully saturated rings. The molecule has 0 unspecified atom stereocenters. The Bertz CT molecular complexity index is 344. The predicted molar refractivity (Wildman–Crippen MR) is 84.8 cm³/mol. The minimum atomic E-state index is 0.0844. The Morgan fingerprint density at radius 2 is 1.50 bits per heavy atom. The van der Waals surface area contributed by atoms with Crippen LogP contribution < -0.4 is 5.73 Å². The maximum Gasteiger partial charge on any atom is 0.0645 e. The molecule has 3 nitrogen and oxygen atoms in total. The molecule has 1 saturated heterocycles. The molecule has 0 aromatic carbocycles. The SMILES string of the molecule is CC1(C)CC(C)(C)CC(CN)(N2CCOCC2(C)C)C1. The first-order valence-electron chi connectivity index (χ1n) is 8.08. The van der Waals surface area contributed by atoms with E-state index in [1.807, 2.05) is 0 Å². The smallest absolute Gasteiger partial charge is 0.0645 e. The van der Waals surface area contributed by atoms with E-state index >= 15 is 0 Å². The highest BCUT2D eigenvalue weighted by molar-refractivity contribution is 5.08. The van der Waals surface area contributed by atoms with Gasteiger partial charge in [-0.25, -0.2) is 0 Å². The lowest BCUT2D eigenvalue weighted by molar-refractivity contribution is -0.142. The summed E-state index contributed by atoms with van der Waals surface area (Å²) in [6.07, 6.45) is 3.68. The Morgan fingerprint density at radius 1 is 0.950 bits per heavy atom. The Hall–Kier alpha value is -0.120. The lowest BCUT2D eigenvalue weighted by Crippen LogP contribution is -2.69. The molecule has 2 rings (SSSR count). The second-order valence-electron chi connectivity index (χ2n) is 9.30. The molecule has 0 amide bonds. The van der Waals surface area contributed by atoms with Crippen LogP contribution in [0.15, 0.2) is 0 Å². The van der Waals surface area contributed by atoms with Crippen LogP contribution in [0.3, 0.4) is 0 Å². The van der Waals surface area contributed by atoms with Gasteiger partial charge in [-0.1, -0.05) is 27.7 Å². The number of nitrogens with zero attached hydrogens (tertiary/aromatic N) is 1. The van der Waals surface area contributed by atoms with Crippen molar-refractivity contribution >= 4 is 0 Å². The van der Waals surface area contributed by atoms with E-state index in [2.05, 4.69) is 46.4 Å². The first-order chi connectivity index (χ1) is 9.02. The molecule has 1 aliphatic carbocycles. The molecule has 1 heterocycles. The van der Waals surface area contributed by atoms with Crippen molar-refractivity contribution in [3.63, 3.8) is 0 Å². The van der Waals surface area contributed by atoms with Crippen LogP contribution in [0.2, 0.25) is 0 Å². The van der Waals surface area contributed by atoms with Crippen molar-refractivity contribution in [3.8, 4) is 0 Å². The standard InChI is InChI=1S/C17H34N2O/c1-14(2)9-15(3,4)11-17(10-14,12-18)19-7-8-20-13-16(19,5)6/h7-13,18H2,1-6H3. The van der Waals surface area contributed by atoms with E-state index in [-0.39, 0.29) is 11.1 Å². The van der Waals surface area contributed by atoms with E-state index in [9.17, 15) is 0 Å². The summed E-state index contributed by atoms with van der Waals surface area (Å²) >= 11 is 0. The number of rotatable bonds is 2. The summed E-state index contributed by atoms with van der Waals surface area (Å²) in [6, 6.07) is 0. The van der Waals surface area contributed by atoms with Gasteiger partial charge < -0.3 is 10.5 Å². The average molecular weight is 282 g/mol.